The number of aromatic nitrogens is 7. The molecule has 1 aromatic carbocycles. The molecule has 4 aromatic heterocycles. The van der Waals surface area contributed by atoms with Crippen LogP contribution < -0.4 is 16.3 Å². The van der Waals surface area contributed by atoms with E-state index in [2.05, 4.69) is 40.6 Å². The smallest absolute Gasteiger partial charge is 0.283 e. The standard InChI is InChI=1S/C19H14FN9O.C2H6/c20-12-2-1-3-13-15(12)19(30)29(28-11-4-6-21-7-5-11)14(27-13)8-22-17-16-18(24-9-23-16)26-10-25-17;1-2/h1-7,9-10H,8H2,(H,21,28)(H2,22,23,24,25,26);1-2H3. The van der Waals surface area contributed by atoms with E-state index in [4.69, 9.17) is 0 Å². The van der Waals surface area contributed by atoms with Crippen LogP contribution in [0, 0.1) is 5.82 Å². The van der Waals surface area contributed by atoms with E-state index >= 15 is 0 Å². The summed E-state index contributed by atoms with van der Waals surface area (Å²) < 4.78 is 15.6. The minimum atomic E-state index is -0.634. The number of hydrogen-bond donors (Lipinski definition) is 3. The number of imidazole rings is 1. The van der Waals surface area contributed by atoms with Gasteiger partial charge >= 0.3 is 0 Å². The van der Waals surface area contributed by atoms with Crippen molar-refractivity contribution >= 4 is 33.6 Å². The summed E-state index contributed by atoms with van der Waals surface area (Å²) in [6.45, 7) is 4.13. The van der Waals surface area contributed by atoms with Gasteiger partial charge in [-0.15, -0.1) is 0 Å². The van der Waals surface area contributed by atoms with E-state index in [-0.39, 0.29) is 17.4 Å². The number of benzene rings is 1. The number of H-pyrrole nitrogens is 1. The molecule has 5 aromatic rings. The highest BCUT2D eigenvalue weighted by atomic mass is 19.1. The third-order valence-electron chi connectivity index (χ3n) is 4.47. The third-order valence-corrected chi connectivity index (χ3v) is 4.47. The fourth-order valence-electron chi connectivity index (χ4n) is 3.09. The summed E-state index contributed by atoms with van der Waals surface area (Å²) in [5.41, 5.74) is 4.41. The molecule has 0 atom stereocenters. The number of hydrogen-bond acceptors (Lipinski definition) is 8. The lowest BCUT2D eigenvalue weighted by atomic mass is 10.2. The topological polar surface area (TPSA) is 126 Å². The lowest BCUT2D eigenvalue weighted by molar-refractivity contribution is 0.635. The van der Waals surface area contributed by atoms with Crippen LogP contribution in [0.1, 0.15) is 19.7 Å². The molecule has 10 nitrogen and oxygen atoms in total. The Labute approximate surface area is 181 Å². The largest absolute Gasteiger partial charge is 0.361 e. The Bertz CT molecular complexity index is 1420. The molecule has 0 fully saturated rings. The number of fused-ring (bicyclic) bond motifs is 2. The molecule has 3 N–H and O–H groups in total. The van der Waals surface area contributed by atoms with Crippen LogP contribution in [0.5, 0.6) is 0 Å². The van der Waals surface area contributed by atoms with Gasteiger partial charge in [-0.3, -0.25) is 15.2 Å². The molecule has 0 aliphatic rings. The van der Waals surface area contributed by atoms with E-state index in [9.17, 15) is 9.18 Å². The molecule has 0 radical (unpaired) electrons. The Morgan fingerprint density at radius 1 is 1.09 bits per heavy atom. The van der Waals surface area contributed by atoms with Crippen molar-refractivity contribution in [2.75, 3.05) is 10.7 Å². The number of nitrogens with zero attached hydrogens (tertiary/aromatic N) is 6. The van der Waals surface area contributed by atoms with Crippen LogP contribution in [-0.2, 0) is 6.54 Å². The summed E-state index contributed by atoms with van der Waals surface area (Å²) in [7, 11) is 0. The van der Waals surface area contributed by atoms with Crippen LogP contribution in [0.25, 0.3) is 22.1 Å². The predicted molar refractivity (Wildman–Crippen MR) is 120 cm³/mol. The summed E-state index contributed by atoms with van der Waals surface area (Å²) in [6, 6.07) is 7.72. The molecular formula is C21H20FN9O. The first-order chi connectivity index (χ1) is 15.7. The van der Waals surface area contributed by atoms with Crippen molar-refractivity contribution in [2.24, 2.45) is 0 Å². The van der Waals surface area contributed by atoms with Gasteiger partial charge in [-0.05, 0) is 24.3 Å². The summed E-state index contributed by atoms with van der Waals surface area (Å²) in [4.78, 5) is 36.9. The van der Waals surface area contributed by atoms with E-state index < -0.39 is 11.4 Å². The van der Waals surface area contributed by atoms with Crippen LogP contribution in [0.15, 0.2) is 60.2 Å². The molecule has 4 heterocycles. The maximum atomic E-state index is 14.4. The quantitative estimate of drug-likeness (QED) is 0.386. The molecule has 0 unspecified atom stereocenters. The number of pyridine rings is 1. The second kappa shape index (κ2) is 9.16. The Morgan fingerprint density at radius 3 is 2.72 bits per heavy atom. The van der Waals surface area contributed by atoms with Crippen LogP contribution in [-0.4, -0.2) is 34.6 Å². The summed E-state index contributed by atoms with van der Waals surface area (Å²) in [5, 5.41) is 3.04. The molecule has 0 aliphatic carbocycles. The van der Waals surface area contributed by atoms with Gasteiger partial charge in [-0.25, -0.2) is 29.0 Å². The van der Waals surface area contributed by atoms with Crippen LogP contribution >= 0.6 is 0 Å². The van der Waals surface area contributed by atoms with Gasteiger partial charge in [0.15, 0.2) is 17.3 Å². The third kappa shape index (κ3) is 3.95. The van der Waals surface area contributed by atoms with Crippen molar-refractivity contribution in [3.05, 3.63) is 77.4 Å². The monoisotopic (exact) mass is 433 g/mol. The fourth-order valence-corrected chi connectivity index (χ4v) is 3.09. The van der Waals surface area contributed by atoms with Crippen LogP contribution in [0.4, 0.5) is 15.9 Å². The summed E-state index contributed by atoms with van der Waals surface area (Å²) in [5.74, 6) is 0.201. The first-order valence-electron chi connectivity index (χ1n) is 9.96. The Balaban J connectivity index is 0.00000119. The molecule has 32 heavy (non-hydrogen) atoms. The normalized spacial score (nSPS) is 10.6. The second-order valence-corrected chi connectivity index (χ2v) is 6.33. The zero-order chi connectivity index (χ0) is 22.5. The van der Waals surface area contributed by atoms with Crippen LogP contribution in [0.3, 0.4) is 0 Å². The van der Waals surface area contributed by atoms with E-state index in [1.165, 1.54) is 29.5 Å². The number of halogens is 1. The van der Waals surface area contributed by atoms with Gasteiger partial charge in [0, 0.05) is 12.4 Å². The molecule has 0 aliphatic heterocycles. The highest BCUT2D eigenvalue weighted by molar-refractivity contribution is 5.82. The lowest BCUT2D eigenvalue weighted by Crippen LogP contribution is -2.32. The molecule has 5 rings (SSSR count). The second-order valence-electron chi connectivity index (χ2n) is 6.33. The molecule has 0 spiro atoms. The molecule has 0 amide bonds. The molecule has 11 heteroatoms. The van der Waals surface area contributed by atoms with Gasteiger partial charge in [-0.1, -0.05) is 19.9 Å². The number of anilines is 2. The number of rotatable bonds is 5. The van der Waals surface area contributed by atoms with E-state index in [1.807, 2.05) is 13.8 Å². The van der Waals surface area contributed by atoms with E-state index in [1.54, 1.807) is 30.6 Å². The SMILES string of the molecule is CC.O=c1c2c(F)cccc2nc(CNc2ncnc3nc[nH]c23)n1Nc1ccncc1. The molecule has 0 saturated heterocycles. The van der Waals surface area contributed by atoms with Crippen molar-refractivity contribution in [3.8, 4) is 0 Å². The van der Waals surface area contributed by atoms with Crippen molar-refractivity contribution in [3.63, 3.8) is 0 Å². The predicted octanol–water partition coefficient (Wildman–Crippen LogP) is 3.11. The van der Waals surface area contributed by atoms with Gasteiger partial charge in [-0.2, -0.15) is 0 Å². The van der Waals surface area contributed by atoms with Crippen molar-refractivity contribution in [1.82, 2.24) is 34.6 Å². The lowest BCUT2D eigenvalue weighted by Gasteiger charge is -2.16. The first kappa shape index (κ1) is 20.8. The zero-order valence-electron chi connectivity index (χ0n) is 17.4. The van der Waals surface area contributed by atoms with Gasteiger partial charge in [0.05, 0.1) is 24.1 Å². The first-order valence-corrected chi connectivity index (χ1v) is 9.96. The maximum absolute atomic E-state index is 14.4. The van der Waals surface area contributed by atoms with Crippen LogP contribution in [0.2, 0.25) is 0 Å². The fraction of sp³-hybridized carbons (Fsp3) is 0.143. The Morgan fingerprint density at radius 2 is 1.91 bits per heavy atom. The molecule has 0 saturated carbocycles. The van der Waals surface area contributed by atoms with Gasteiger partial charge in [0.1, 0.15) is 23.0 Å². The van der Waals surface area contributed by atoms with E-state index in [0.717, 1.165) is 0 Å². The summed E-state index contributed by atoms with van der Waals surface area (Å²) in [6.07, 6.45) is 6.06. The number of aromatic amines is 1. The average molecular weight is 433 g/mol. The number of nitrogens with one attached hydrogen (secondary N) is 3. The molecule has 0 bridgehead atoms. The molecule has 162 valence electrons. The highest BCUT2D eigenvalue weighted by Gasteiger charge is 2.15. The maximum Gasteiger partial charge on any atom is 0.283 e. The minimum absolute atomic E-state index is 0.0965. The minimum Gasteiger partial charge on any atom is -0.361 e. The Kier molecular flexibility index (Phi) is 5.97. The van der Waals surface area contributed by atoms with E-state index in [0.29, 0.717) is 28.5 Å². The average Bonchev–Trinajstić information content (AvgIpc) is 3.31. The van der Waals surface area contributed by atoms with Gasteiger partial charge in [0.2, 0.25) is 0 Å². The Hall–Kier alpha value is -4.41. The van der Waals surface area contributed by atoms with Crippen molar-refractivity contribution in [1.29, 1.82) is 0 Å². The van der Waals surface area contributed by atoms with Crippen molar-refractivity contribution < 1.29 is 4.39 Å². The van der Waals surface area contributed by atoms with Crippen molar-refractivity contribution in [2.45, 2.75) is 20.4 Å². The zero-order valence-corrected chi connectivity index (χ0v) is 17.4. The van der Waals surface area contributed by atoms with Gasteiger partial charge in [0.25, 0.3) is 5.56 Å². The summed E-state index contributed by atoms with van der Waals surface area (Å²) >= 11 is 0. The highest BCUT2D eigenvalue weighted by Crippen LogP contribution is 2.17. The molecular weight excluding hydrogens is 413 g/mol. The van der Waals surface area contributed by atoms with Gasteiger partial charge < -0.3 is 10.3 Å².